The number of aliphatic hydroxyl groups is 1. The molecule has 104 valence electrons. The van der Waals surface area contributed by atoms with E-state index in [-0.39, 0.29) is 11.9 Å². The molecule has 2 rings (SSSR count). The highest BCUT2D eigenvalue weighted by molar-refractivity contribution is 6.02. The number of carbonyl (C=O) groups excluding carboxylic acids is 1. The Kier molecular flexibility index (Phi) is 4.27. The van der Waals surface area contributed by atoms with Crippen molar-refractivity contribution < 1.29 is 14.6 Å². The topological polar surface area (TPSA) is 84.6 Å². The van der Waals surface area contributed by atoms with E-state index in [9.17, 15) is 9.90 Å². The third-order valence-electron chi connectivity index (χ3n) is 3.55. The van der Waals surface area contributed by atoms with E-state index in [1.807, 2.05) is 0 Å². The van der Waals surface area contributed by atoms with Gasteiger partial charge >= 0.3 is 0 Å². The largest absolute Gasteiger partial charge is 0.496 e. The van der Waals surface area contributed by atoms with Crippen molar-refractivity contribution >= 4 is 11.6 Å². The molecule has 0 bridgehead atoms. The Morgan fingerprint density at radius 2 is 2.16 bits per heavy atom. The predicted octanol–water partition coefficient (Wildman–Crippen LogP) is 1.31. The number of nitrogen functional groups attached to an aromatic ring is 1. The van der Waals surface area contributed by atoms with E-state index in [0.717, 1.165) is 25.7 Å². The standard InChI is InChI=1S/C14H20N2O3/c1-19-12-8-4-5-9(15)13(12)14(18)16-10-6-2-3-7-11(10)17/h4-5,8,10-11,17H,2-3,6-7,15H2,1H3,(H,16,18). The summed E-state index contributed by atoms with van der Waals surface area (Å²) >= 11 is 0. The smallest absolute Gasteiger partial charge is 0.257 e. The summed E-state index contributed by atoms with van der Waals surface area (Å²) in [5.41, 5.74) is 6.55. The molecule has 0 aromatic heterocycles. The van der Waals surface area contributed by atoms with Crippen LogP contribution in [0.3, 0.4) is 0 Å². The lowest BCUT2D eigenvalue weighted by Gasteiger charge is -2.28. The molecular formula is C14H20N2O3. The molecule has 1 saturated carbocycles. The summed E-state index contributed by atoms with van der Waals surface area (Å²) in [6.07, 6.45) is 3.07. The van der Waals surface area contributed by atoms with E-state index in [0.29, 0.717) is 17.0 Å². The Bertz CT molecular complexity index is 462. The van der Waals surface area contributed by atoms with Gasteiger partial charge in [-0.3, -0.25) is 4.79 Å². The summed E-state index contributed by atoms with van der Waals surface area (Å²) in [4.78, 5) is 12.3. The Balaban J connectivity index is 2.15. The number of amides is 1. The number of anilines is 1. The molecule has 2 unspecified atom stereocenters. The van der Waals surface area contributed by atoms with Gasteiger partial charge in [-0.25, -0.2) is 0 Å². The quantitative estimate of drug-likeness (QED) is 0.719. The fourth-order valence-electron chi connectivity index (χ4n) is 2.48. The highest BCUT2D eigenvalue weighted by Crippen LogP contribution is 2.25. The average Bonchev–Trinajstić information content (AvgIpc) is 2.40. The third-order valence-corrected chi connectivity index (χ3v) is 3.55. The van der Waals surface area contributed by atoms with Crippen LogP contribution in [0, 0.1) is 0 Å². The third kappa shape index (κ3) is 2.98. The molecule has 5 heteroatoms. The molecule has 0 aliphatic heterocycles. The number of aliphatic hydroxyl groups excluding tert-OH is 1. The number of nitrogens with one attached hydrogen (secondary N) is 1. The number of methoxy groups -OCH3 is 1. The first-order valence-corrected chi connectivity index (χ1v) is 6.55. The van der Waals surface area contributed by atoms with E-state index in [1.54, 1.807) is 18.2 Å². The highest BCUT2D eigenvalue weighted by Gasteiger charge is 2.26. The molecule has 1 aliphatic carbocycles. The molecule has 0 heterocycles. The second kappa shape index (κ2) is 5.93. The summed E-state index contributed by atoms with van der Waals surface area (Å²) < 4.78 is 5.16. The predicted molar refractivity (Wildman–Crippen MR) is 73.1 cm³/mol. The van der Waals surface area contributed by atoms with Crippen molar-refractivity contribution in [2.75, 3.05) is 12.8 Å². The Morgan fingerprint density at radius 1 is 1.42 bits per heavy atom. The molecule has 1 aromatic carbocycles. The lowest BCUT2D eigenvalue weighted by atomic mass is 9.92. The minimum absolute atomic E-state index is 0.203. The zero-order valence-electron chi connectivity index (χ0n) is 11.1. The van der Waals surface area contributed by atoms with Crippen LogP contribution in [-0.2, 0) is 0 Å². The second-order valence-corrected chi connectivity index (χ2v) is 4.86. The van der Waals surface area contributed by atoms with Crippen LogP contribution >= 0.6 is 0 Å². The van der Waals surface area contributed by atoms with Crippen molar-refractivity contribution in [1.82, 2.24) is 5.32 Å². The van der Waals surface area contributed by atoms with Gasteiger partial charge in [-0.2, -0.15) is 0 Å². The van der Waals surface area contributed by atoms with E-state index in [1.165, 1.54) is 7.11 Å². The fourth-order valence-corrected chi connectivity index (χ4v) is 2.48. The van der Waals surface area contributed by atoms with Crippen molar-refractivity contribution in [3.8, 4) is 5.75 Å². The lowest BCUT2D eigenvalue weighted by molar-refractivity contribution is 0.0716. The maximum absolute atomic E-state index is 12.3. The highest BCUT2D eigenvalue weighted by atomic mass is 16.5. The van der Waals surface area contributed by atoms with Gasteiger partial charge in [-0.15, -0.1) is 0 Å². The van der Waals surface area contributed by atoms with Crippen LogP contribution in [0.1, 0.15) is 36.0 Å². The van der Waals surface area contributed by atoms with Gasteiger partial charge in [0, 0.05) is 5.69 Å². The lowest BCUT2D eigenvalue weighted by Crippen LogP contribution is -2.45. The zero-order chi connectivity index (χ0) is 13.8. The van der Waals surface area contributed by atoms with E-state index in [2.05, 4.69) is 5.32 Å². The number of rotatable bonds is 3. The van der Waals surface area contributed by atoms with Crippen molar-refractivity contribution in [2.45, 2.75) is 37.8 Å². The molecule has 0 saturated heterocycles. The minimum atomic E-state index is -0.478. The first-order chi connectivity index (χ1) is 9.13. The van der Waals surface area contributed by atoms with Crippen LogP contribution in [-0.4, -0.2) is 30.3 Å². The van der Waals surface area contributed by atoms with Gasteiger partial charge < -0.3 is 20.9 Å². The zero-order valence-corrected chi connectivity index (χ0v) is 11.1. The SMILES string of the molecule is COc1cccc(N)c1C(=O)NC1CCCCC1O. The maximum atomic E-state index is 12.3. The van der Waals surface area contributed by atoms with Crippen LogP contribution in [0.15, 0.2) is 18.2 Å². The van der Waals surface area contributed by atoms with Crippen molar-refractivity contribution in [1.29, 1.82) is 0 Å². The van der Waals surface area contributed by atoms with Gasteiger partial charge in [0.15, 0.2) is 0 Å². The summed E-state index contributed by atoms with van der Waals surface area (Å²) in [6, 6.07) is 4.89. The van der Waals surface area contributed by atoms with Gasteiger partial charge in [0.25, 0.3) is 5.91 Å². The number of hydrogen-bond acceptors (Lipinski definition) is 4. The fraction of sp³-hybridized carbons (Fsp3) is 0.500. The summed E-state index contributed by atoms with van der Waals surface area (Å²) in [5, 5.41) is 12.7. The van der Waals surface area contributed by atoms with E-state index in [4.69, 9.17) is 10.5 Å². The van der Waals surface area contributed by atoms with Gasteiger partial charge in [0.2, 0.25) is 0 Å². The van der Waals surface area contributed by atoms with Crippen molar-refractivity contribution in [2.24, 2.45) is 0 Å². The Morgan fingerprint density at radius 3 is 2.84 bits per heavy atom. The van der Waals surface area contributed by atoms with Gasteiger partial charge in [-0.05, 0) is 25.0 Å². The second-order valence-electron chi connectivity index (χ2n) is 4.86. The van der Waals surface area contributed by atoms with Crippen LogP contribution in [0.25, 0.3) is 0 Å². The van der Waals surface area contributed by atoms with Crippen LogP contribution in [0.2, 0.25) is 0 Å². The number of benzene rings is 1. The molecule has 2 atom stereocenters. The van der Waals surface area contributed by atoms with Crippen LogP contribution in [0.5, 0.6) is 5.75 Å². The number of ether oxygens (including phenoxy) is 1. The molecule has 19 heavy (non-hydrogen) atoms. The number of hydrogen-bond donors (Lipinski definition) is 3. The molecule has 1 aliphatic rings. The van der Waals surface area contributed by atoms with Crippen molar-refractivity contribution in [3.05, 3.63) is 23.8 Å². The minimum Gasteiger partial charge on any atom is -0.496 e. The molecule has 0 spiro atoms. The maximum Gasteiger partial charge on any atom is 0.257 e. The molecule has 0 radical (unpaired) electrons. The normalized spacial score (nSPS) is 22.8. The van der Waals surface area contributed by atoms with Crippen LogP contribution in [0.4, 0.5) is 5.69 Å². The monoisotopic (exact) mass is 264 g/mol. The molecular weight excluding hydrogens is 244 g/mol. The Hall–Kier alpha value is -1.75. The van der Waals surface area contributed by atoms with E-state index < -0.39 is 6.10 Å². The first-order valence-electron chi connectivity index (χ1n) is 6.55. The molecule has 1 aromatic rings. The van der Waals surface area contributed by atoms with E-state index >= 15 is 0 Å². The number of carbonyl (C=O) groups is 1. The molecule has 1 fully saturated rings. The summed E-state index contributed by atoms with van der Waals surface area (Å²) in [5.74, 6) is 0.156. The molecule has 5 nitrogen and oxygen atoms in total. The molecule has 1 amide bonds. The first kappa shape index (κ1) is 13.7. The van der Waals surface area contributed by atoms with Gasteiger partial charge in [0.05, 0.1) is 19.3 Å². The Labute approximate surface area is 112 Å². The molecule has 4 N–H and O–H groups in total. The number of nitrogens with two attached hydrogens (primary N) is 1. The van der Waals surface area contributed by atoms with Gasteiger partial charge in [0.1, 0.15) is 11.3 Å². The van der Waals surface area contributed by atoms with Gasteiger partial charge in [-0.1, -0.05) is 18.9 Å². The summed E-state index contributed by atoms with van der Waals surface area (Å²) in [7, 11) is 1.50. The van der Waals surface area contributed by atoms with Crippen LogP contribution < -0.4 is 15.8 Å². The summed E-state index contributed by atoms with van der Waals surface area (Å²) in [6.45, 7) is 0. The average molecular weight is 264 g/mol. The van der Waals surface area contributed by atoms with Crippen molar-refractivity contribution in [3.63, 3.8) is 0 Å².